The molecule has 0 radical (unpaired) electrons. The number of fused-ring (bicyclic) bond motifs is 1. The molecule has 33 heavy (non-hydrogen) atoms. The molecule has 0 saturated carbocycles. The summed E-state index contributed by atoms with van der Waals surface area (Å²) >= 11 is 3.44. The van der Waals surface area contributed by atoms with Gasteiger partial charge < -0.3 is 14.4 Å². The normalized spacial score (nSPS) is 13.0. The standard InChI is InChI=1S/C25H24BrNO5S/c1-16-19-12-13-27(25(28)14-17-6-4-5-7-24(17)33(3,29)30)21(19)10-11-22(16)32-18-8-9-20(26)23(15-18)31-2/h4-11,15H,12-14H2,1-3H3. The molecule has 8 heteroatoms. The second-order valence-corrected chi connectivity index (χ2v) is 10.8. The molecular weight excluding hydrogens is 506 g/mol. The summed E-state index contributed by atoms with van der Waals surface area (Å²) in [5.74, 6) is 1.92. The quantitative estimate of drug-likeness (QED) is 0.444. The topological polar surface area (TPSA) is 72.9 Å². The monoisotopic (exact) mass is 529 g/mol. The number of carbonyl (C=O) groups excluding carboxylic acids is 1. The van der Waals surface area contributed by atoms with Crippen molar-refractivity contribution in [2.24, 2.45) is 0 Å². The van der Waals surface area contributed by atoms with Gasteiger partial charge in [0.05, 0.1) is 22.9 Å². The van der Waals surface area contributed by atoms with Crippen molar-refractivity contribution < 1.29 is 22.7 Å². The third kappa shape index (κ3) is 4.77. The predicted octanol–water partition coefficient (Wildman–Crippen LogP) is 5.09. The first-order valence-electron chi connectivity index (χ1n) is 10.4. The molecule has 0 saturated heterocycles. The second-order valence-electron chi connectivity index (χ2n) is 7.94. The molecule has 1 amide bonds. The van der Waals surface area contributed by atoms with Gasteiger partial charge in [-0.2, -0.15) is 0 Å². The highest BCUT2D eigenvalue weighted by atomic mass is 79.9. The summed E-state index contributed by atoms with van der Waals surface area (Å²) < 4.78 is 36.5. The van der Waals surface area contributed by atoms with Crippen LogP contribution in [0.1, 0.15) is 16.7 Å². The first kappa shape index (κ1) is 23.3. The number of nitrogens with zero attached hydrogens (tertiary/aromatic N) is 1. The van der Waals surface area contributed by atoms with Crippen molar-refractivity contribution in [1.82, 2.24) is 0 Å². The minimum Gasteiger partial charge on any atom is -0.495 e. The molecule has 4 rings (SSSR count). The highest BCUT2D eigenvalue weighted by Gasteiger charge is 2.28. The first-order chi connectivity index (χ1) is 15.7. The van der Waals surface area contributed by atoms with Crippen LogP contribution in [-0.2, 0) is 27.5 Å². The highest BCUT2D eigenvalue weighted by Crippen LogP contribution is 2.39. The maximum Gasteiger partial charge on any atom is 0.231 e. The smallest absolute Gasteiger partial charge is 0.231 e. The molecule has 172 valence electrons. The van der Waals surface area contributed by atoms with Crippen molar-refractivity contribution in [1.29, 1.82) is 0 Å². The van der Waals surface area contributed by atoms with Crippen LogP contribution in [0.2, 0.25) is 0 Å². The average Bonchev–Trinajstić information content (AvgIpc) is 3.21. The Labute approximate surface area is 202 Å². The van der Waals surface area contributed by atoms with E-state index in [0.29, 0.717) is 30.0 Å². The van der Waals surface area contributed by atoms with Crippen molar-refractivity contribution in [2.75, 3.05) is 24.8 Å². The van der Waals surface area contributed by atoms with Gasteiger partial charge in [0.1, 0.15) is 17.2 Å². The van der Waals surface area contributed by atoms with Gasteiger partial charge in [0.25, 0.3) is 0 Å². The Kier molecular flexibility index (Phi) is 6.50. The largest absolute Gasteiger partial charge is 0.495 e. The molecule has 3 aromatic carbocycles. The van der Waals surface area contributed by atoms with Crippen LogP contribution in [-0.4, -0.2) is 34.2 Å². The van der Waals surface area contributed by atoms with E-state index in [-0.39, 0.29) is 17.2 Å². The third-order valence-corrected chi connectivity index (χ3v) is 7.62. The van der Waals surface area contributed by atoms with Crippen LogP contribution in [0.3, 0.4) is 0 Å². The molecule has 0 spiro atoms. The summed E-state index contributed by atoms with van der Waals surface area (Å²) in [6.45, 7) is 2.53. The Hall–Kier alpha value is -2.84. The lowest BCUT2D eigenvalue weighted by atomic mass is 10.0. The maximum atomic E-state index is 13.1. The molecule has 6 nitrogen and oxygen atoms in total. The minimum absolute atomic E-state index is 0.0265. The molecule has 0 bridgehead atoms. The van der Waals surface area contributed by atoms with Gasteiger partial charge in [-0.1, -0.05) is 18.2 Å². The highest BCUT2D eigenvalue weighted by molar-refractivity contribution is 9.10. The Balaban J connectivity index is 1.57. The fraction of sp³-hybridized carbons (Fsp3) is 0.240. The fourth-order valence-electron chi connectivity index (χ4n) is 4.10. The molecule has 1 aliphatic heterocycles. The summed E-state index contributed by atoms with van der Waals surface area (Å²) in [6.07, 6.45) is 1.90. The van der Waals surface area contributed by atoms with Crippen LogP contribution in [0.25, 0.3) is 0 Å². The SMILES string of the molecule is COc1cc(Oc2ccc3c(c2C)CCN3C(=O)Cc2ccccc2S(C)(=O)=O)ccc1Br. The van der Waals surface area contributed by atoms with Crippen molar-refractivity contribution >= 4 is 37.4 Å². The van der Waals surface area contributed by atoms with Gasteiger partial charge >= 0.3 is 0 Å². The number of halogens is 1. The fourth-order valence-corrected chi connectivity index (χ4v) is 5.45. The number of rotatable bonds is 6. The van der Waals surface area contributed by atoms with Gasteiger partial charge in [-0.05, 0) is 76.3 Å². The van der Waals surface area contributed by atoms with Crippen LogP contribution >= 0.6 is 15.9 Å². The Morgan fingerprint density at radius 3 is 2.58 bits per heavy atom. The second kappa shape index (κ2) is 9.19. The lowest BCUT2D eigenvalue weighted by Crippen LogP contribution is -2.30. The van der Waals surface area contributed by atoms with E-state index in [4.69, 9.17) is 9.47 Å². The Morgan fingerprint density at radius 1 is 1.09 bits per heavy atom. The molecule has 0 atom stereocenters. The van der Waals surface area contributed by atoms with Gasteiger partial charge in [0.2, 0.25) is 5.91 Å². The van der Waals surface area contributed by atoms with Crippen LogP contribution in [0.4, 0.5) is 5.69 Å². The van der Waals surface area contributed by atoms with Gasteiger partial charge in [-0.15, -0.1) is 0 Å². The van der Waals surface area contributed by atoms with Gasteiger partial charge in [0, 0.05) is 24.6 Å². The van der Waals surface area contributed by atoms with Crippen LogP contribution in [0.5, 0.6) is 17.2 Å². The summed E-state index contributed by atoms with van der Waals surface area (Å²) in [6, 6.07) is 15.9. The molecule has 1 heterocycles. The van der Waals surface area contributed by atoms with E-state index in [1.165, 1.54) is 0 Å². The molecule has 1 aliphatic rings. The van der Waals surface area contributed by atoms with Crippen molar-refractivity contribution in [2.45, 2.75) is 24.7 Å². The Bertz CT molecular complexity index is 1340. The van der Waals surface area contributed by atoms with E-state index >= 15 is 0 Å². The van der Waals surface area contributed by atoms with Gasteiger partial charge in [-0.25, -0.2) is 8.42 Å². The maximum absolute atomic E-state index is 13.1. The van der Waals surface area contributed by atoms with Crippen molar-refractivity contribution in [3.05, 3.63) is 75.8 Å². The van der Waals surface area contributed by atoms with E-state index in [0.717, 1.165) is 33.3 Å². The number of ether oxygens (including phenoxy) is 2. The lowest BCUT2D eigenvalue weighted by molar-refractivity contribution is -0.117. The molecule has 3 aromatic rings. The van der Waals surface area contributed by atoms with E-state index < -0.39 is 9.84 Å². The van der Waals surface area contributed by atoms with E-state index in [1.54, 1.807) is 36.3 Å². The number of amides is 1. The van der Waals surface area contributed by atoms with Crippen LogP contribution < -0.4 is 14.4 Å². The summed E-state index contributed by atoms with van der Waals surface area (Å²) in [4.78, 5) is 15.1. The first-order valence-corrected chi connectivity index (χ1v) is 13.1. The Morgan fingerprint density at radius 2 is 1.85 bits per heavy atom. The lowest BCUT2D eigenvalue weighted by Gasteiger charge is -2.19. The predicted molar refractivity (Wildman–Crippen MR) is 131 cm³/mol. The van der Waals surface area contributed by atoms with Crippen LogP contribution in [0.15, 0.2) is 64.0 Å². The third-order valence-electron chi connectivity index (χ3n) is 5.77. The number of benzene rings is 3. The number of carbonyl (C=O) groups is 1. The van der Waals surface area contributed by atoms with Crippen molar-refractivity contribution in [3.8, 4) is 17.2 Å². The summed E-state index contributed by atoms with van der Waals surface area (Å²) in [5.41, 5.74) is 3.39. The molecule has 0 N–H and O–H groups in total. The number of methoxy groups -OCH3 is 1. The zero-order valence-electron chi connectivity index (χ0n) is 18.6. The number of hydrogen-bond donors (Lipinski definition) is 0. The summed E-state index contributed by atoms with van der Waals surface area (Å²) in [5, 5.41) is 0. The summed E-state index contributed by atoms with van der Waals surface area (Å²) in [7, 11) is -1.81. The van der Waals surface area contributed by atoms with Gasteiger partial charge in [0.15, 0.2) is 9.84 Å². The molecule has 0 aliphatic carbocycles. The zero-order chi connectivity index (χ0) is 23.8. The molecular formula is C25H24BrNO5S. The van der Waals surface area contributed by atoms with E-state index in [9.17, 15) is 13.2 Å². The van der Waals surface area contributed by atoms with E-state index in [1.807, 2.05) is 37.3 Å². The number of anilines is 1. The molecule has 0 aromatic heterocycles. The minimum atomic E-state index is -3.41. The number of hydrogen-bond acceptors (Lipinski definition) is 5. The average molecular weight is 530 g/mol. The zero-order valence-corrected chi connectivity index (χ0v) is 21.0. The number of sulfone groups is 1. The van der Waals surface area contributed by atoms with Gasteiger partial charge in [-0.3, -0.25) is 4.79 Å². The molecule has 0 fully saturated rings. The molecule has 0 unspecified atom stereocenters. The van der Waals surface area contributed by atoms with Crippen LogP contribution in [0, 0.1) is 6.92 Å². The van der Waals surface area contributed by atoms with Crippen molar-refractivity contribution in [3.63, 3.8) is 0 Å². The van der Waals surface area contributed by atoms with E-state index in [2.05, 4.69) is 15.9 Å².